The second-order valence-corrected chi connectivity index (χ2v) is 8.44. The summed E-state index contributed by atoms with van der Waals surface area (Å²) in [7, 11) is 0. The van der Waals surface area contributed by atoms with E-state index < -0.39 is 0 Å². The van der Waals surface area contributed by atoms with Gasteiger partial charge in [-0.05, 0) is 28.2 Å². The van der Waals surface area contributed by atoms with E-state index in [4.69, 9.17) is 0 Å². The van der Waals surface area contributed by atoms with Gasteiger partial charge in [0.1, 0.15) is 0 Å². The first-order valence-electron chi connectivity index (χ1n) is 3.41. The van der Waals surface area contributed by atoms with Crippen LogP contribution in [0.15, 0.2) is 36.3 Å². The first kappa shape index (κ1) is 11.3. The molecular formula is C8H6BI3. The van der Waals surface area contributed by atoms with E-state index in [1.54, 1.807) is 0 Å². The molecule has 0 heterocycles. The number of halogens is 3. The molecule has 0 aliphatic carbocycles. The van der Waals surface area contributed by atoms with E-state index in [0.717, 1.165) is 0 Å². The van der Waals surface area contributed by atoms with Crippen molar-refractivity contribution in [3.8, 4) is 0 Å². The zero-order valence-electron chi connectivity index (χ0n) is 6.18. The van der Waals surface area contributed by atoms with Crippen LogP contribution in [-0.4, -0.2) is 2.43 Å². The Morgan fingerprint density at radius 2 is 1.75 bits per heavy atom. The van der Waals surface area contributed by atoms with Gasteiger partial charge in [0, 0.05) is 3.58 Å². The lowest BCUT2D eigenvalue weighted by atomic mass is 10.1. The van der Waals surface area contributed by atoms with E-state index in [2.05, 4.69) is 97.6 Å². The van der Waals surface area contributed by atoms with Crippen LogP contribution in [0.25, 0.3) is 3.58 Å². The zero-order chi connectivity index (χ0) is 8.97. The summed E-state index contributed by atoms with van der Waals surface area (Å²) in [6.07, 6.45) is 0. The highest BCUT2D eigenvalue weighted by atomic mass is 127. The van der Waals surface area contributed by atoms with Crippen molar-refractivity contribution in [2.75, 3.05) is 0 Å². The van der Waals surface area contributed by atoms with Gasteiger partial charge < -0.3 is 0 Å². The summed E-state index contributed by atoms with van der Waals surface area (Å²) in [5.41, 5.74) is 1.30. The van der Waals surface area contributed by atoms with Gasteiger partial charge in [0.2, 0.25) is 0 Å². The molecule has 0 nitrogen and oxygen atoms in total. The van der Waals surface area contributed by atoms with E-state index >= 15 is 0 Å². The van der Waals surface area contributed by atoms with E-state index in [9.17, 15) is 0 Å². The van der Waals surface area contributed by atoms with E-state index in [1.807, 2.05) is 6.07 Å². The Bertz CT molecular complexity index is 269. The van der Waals surface area contributed by atoms with Crippen LogP contribution >= 0.6 is 67.3 Å². The smallest absolute Gasteiger partial charge is 0.127 e. The first-order chi connectivity index (χ1) is 5.70. The van der Waals surface area contributed by atoms with Gasteiger partial charge in [-0.3, -0.25) is 0 Å². The molecule has 0 N–H and O–H groups in total. The molecule has 0 amide bonds. The Kier molecular flexibility index (Phi) is 5.50. The van der Waals surface area contributed by atoms with Crippen molar-refractivity contribution in [3.05, 3.63) is 41.9 Å². The Morgan fingerprint density at radius 3 is 2.25 bits per heavy atom. The molecule has 0 radical (unpaired) electrons. The van der Waals surface area contributed by atoms with Crippen LogP contribution in [0.3, 0.4) is 0 Å². The third kappa shape index (κ3) is 3.95. The van der Waals surface area contributed by atoms with Crippen molar-refractivity contribution in [1.82, 2.24) is 0 Å². The zero-order valence-corrected chi connectivity index (χ0v) is 12.6. The standard InChI is InChI=1S/C8H6BI3/c10-8(6-9(11)12)7-4-2-1-3-5-7/h1-6H/b8-6+. The lowest BCUT2D eigenvalue weighted by Gasteiger charge is -1.98. The Balaban J connectivity index is 2.85. The second kappa shape index (κ2) is 5.84. The monoisotopic (exact) mass is 494 g/mol. The fourth-order valence-corrected chi connectivity index (χ4v) is 3.62. The molecule has 1 rings (SSSR count). The average Bonchev–Trinajstić information content (AvgIpc) is 2.05. The molecule has 0 aliphatic rings. The molecule has 1 aromatic carbocycles. The predicted octanol–water partition coefficient (Wildman–Crippen LogP) is 4.36. The van der Waals surface area contributed by atoms with Gasteiger partial charge in [0.25, 0.3) is 0 Å². The summed E-state index contributed by atoms with van der Waals surface area (Å²) in [5, 5.41) is 0. The molecular weight excluding hydrogens is 488 g/mol. The van der Waals surface area contributed by atoms with Gasteiger partial charge in [0.15, 0.2) is 0 Å². The topological polar surface area (TPSA) is 0 Å². The molecule has 0 atom stereocenters. The normalized spacial score (nSPS) is 11.4. The van der Waals surface area contributed by atoms with Gasteiger partial charge >= 0.3 is 2.43 Å². The average molecular weight is 494 g/mol. The molecule has 0 saturated heterocycles. The fraction of sp³-hybridized carbons (Fsp3) is 0. The largest absolute Gasteiger partial charge is 0.314 e. The van der Waals surface area contributed by atoms with Crippen LogP contribution in [0.5, 0.6) is 0 Å². The van der Waals surface area contributed by atoms with Crippen molar-refractivity contribution in [2.45, 2.75) is 0 Å². The minimum Gasteiger partial charge on any atom is -0.127 e. The van der Waals surface area contributed by atoms with Gasteiger partial charge in [-0.1, -0.05) is 36.3 Å². The Hall–Kier alpha value is 1.21. The summed E-state index contributed by atoms with van der Waals surface area (Å²) in [6.45, 7) is 0. The number of hydrogen-bond donors (Lipinski definition) is 0. The number of benzene rings is 1. The summed E-state index contributed by atoms with van der Waals surface area (Å²) < 4.78 is 1.88. The number of rotatable bonds is 2. The maximum absolute atomic E-state index is 2.39. The third-order valence-electron chi connectivity index (χ3n) is 1.32. The molecule has 1 aromatic rings. The van der Waals surface area contributed by atoms with Crippen molar-refractivity contribution in [3.63, 3.8) is 0 Å². The van der Waals surface area contributed by atoms with E-state index in [0.29, 0.717) is 2.43 Å². The van der Waals surface area contributed by atoms with Crippen LogP contribution in [0.2, 0.25) is 0 Å². The fourth-order valence-electron chi connectivity index (χ4n) is 0.804. The minimum atomic E-state index is 0.562. The van der Waals surface area contributed by atoms with E-state index in [-0.39, 0.29) is 0 Å². The Labute approximate surface area is 114 Å². The molecule has 0 unspecified atom stereocenters. The maximum atomic E-state index is 2.39. The highest BCUT2D eigenvalue weighted by molar-refractivity contribution is 14.3. The lowest BCUT2D eigenvalue weighted by molar-refractivity contribution is 1.66. The van der Waals surface area contributed by atoms with Gasteiger partial charge in [-0.25, -0.2) is 0 Å². The minimum absolute atomic E-state index is 0.562. The first-order valence-corrected chi connectivity index (χ1v) is 6.98. The number of hydrogen-bond acceptors (Lipinski definition) is 0. The summed E-state index contributed by atoms with van der Waals surface area (Å²) in [5.74, 6) is 2.25. The van der Waals surface area contributed by atoms with Crippen molar-refractivity contribution >= 4 is 73.3 Å². The van der Waals surface area contributed by atoms with Gasteiger partial charge in [-0.2, -0.15) is 0 Å². The van der Waals surface area contributed by atoms with Crippen molar-refractivity contribution in [1.29, 1.82) is 0 Å². The highest BCUT2D eigenvalue weighted by Crippen LogP contribution is 2.23. The second-order valence-electron chi connectivity index (χ2n) is 2.22. The van der Waals surface area contributed by atoms with Crippen LogP contribution in [0, 0.1) is 0 Å². The summed E-state index contributed by atoms with van der Waals surface area (Å²) in [6, 6.07) is 10.4. The van der Waals surface area contributed by atoms with E-state index in [1.165, 1.54) is 9.14 Å². The molecule has 4 heteroatoms. The SMILES string of the molecule is IB(I)/C=C(/I)c1ccccc1. The summed E-state index contributed by atoms with van der Waals surface area (Å²) >= 11 is 7.15. The lowest BCUT2D eigenvalue weighted by Crippen LogP contribution is -1.84. The Morgan fingerprint density at radius 1 is 1.17 bits per heavy atom. The third-order valence-corrected chi connectivity index (χ3v) is 3.02. The van der Waals surface area contributed by atoms with Crippen LogP contribution in [0.4, 0.5) is 0 Å². The molecule has 12 heavy (non-hydrogen) atoms. The van der Waals surface area contributed by atoms with Crippen molar-refractivity contribution < 1.29 is 0 Å². The molecule has 0 bridgehead atoms. The molecule has 0 fully saturated rings. The van der Waals surface area contributed by atoms with Crippen LogP contribution in [0.1, 0.15) is 5.56 Å². The molecule has 0 saturated carbocycles. The van der Waals surface area contributed by atoms with Crippen LogP contribution in [-0.2, 0) is 0 Å². The van der Waals surface area contributed by atoms with Crippen LogP contribution < -0.4 is 0 Å². The molecule has 62 valence electrons. The summed E-state index contributed by atoms with van der Waals surface area (Å²) in [4.78, 5) is 0. The van der Waals surface area contributed by atoms with Crippen molar-refractivity contribution in [2.24, 2.45) is 0 Å². The molecule has 0 spiro atoms. The van der Waals surface area contributed by atoms with Gasteiger partial charge in [-0.15, -0.1) is 44.7 Å². The molecule has 0 aliphatic heterocycles. The highest BCUT2D eigenvalue weighted by Gasteiger charge is 2.01. The molecule has 0 aromatic heterocycles. The quantitative estimate of drug-likeness (QED) is 0.424. The maximum Gasteiger partial charge on any atom is 0.314 e. The van der Waals surface area contributed by atoms with Gasteiger partial charge in [0.05, 0.1) is 0 Å². The predicted molar refractivity (Wildman–Crippen MR) is 82.2 cm³/mol.